The zero-order valence-electron chi connectivity index (χ0n) is 12.7. The maximum atomic E-state index is 5.46. The van der Waals surface area contributed by atoms with E-state index < -0.39 is 0 Å². The van der Waals surface area contributed by atoms with Crippen LogP contribution in [0.25, 0.3) is 11.0 Å². The Balaban J connectivity index is 1.81. The highest BCUT2D eigenvalue weighted by Gasteiger charge is 2.07. The van der Waals surface area contributed by atoms with E-state index in [2.05, 4.69) is 57.4 Å². The number of hydrogen-bond donors (Lipinski definition) is 1. The van der Waals surface area contributed by atoms with E-state index in [1.165, 1.54) is 16.8 Å². The van der Waals surface area contributed by atoms with Gasteiger partial charge in [0.1, 0.15) is 0 Å². The molecule has 0 aliphatic rings. The highest BCUT2D eigenvalue weighted by atomic mass is 32.1. The van der Waals surface area contributed by atoms with Crippen LogP contribution in [0.2, 0.25) is 0 Å². The second kappa shape index (κ2) is 5.48. The van der Waals surface area contributed by atoms with Crippen LogP contribution in [0, 0.1) is 25.5 Å². The molecule has 0 amide bonds. The molecule has 0 aliphatic heterocycles. The molecule has 1 aromatic carbocycles. The zero-order chi connectivity index (χ0) is 15.0. The number of hydrogen-bond acceptors (Lipinski definition) is 2. The van der Waals surface area contributed by atoms with Crippen molar-refractivity contribution in [2.75, 3.05) is 0 Å². The third-order valence-corrected chi connectivity index (χ3v) is 4.17. The summed E-state index contributed by atoms with van der Waals surface area (Å²) in [4.78, 5) is 3.29. The molecule has 4 nitrogen and oxygen atoms in total. The minimum absolute atomic E-state index is 0.799. The van der Waals surface area contributed by atoms with Crippen LogP contribution in [-0.4, -0.2) is 19.3 Å². The van der Waals surface area contributed by atoms with E-state index in [0.717, 1.165) is 35.5 Å². The molecule has 2 heterocycles. The van der Waals surface area contributed by atoms with E-state index in [4.69, 9.17) is 12.2 Å². The highest BCUT2D eigenvalue weighted by molar-refractivity contribution is 7.71. The summed E-state index contributed by atoms with van der Waals surface area (Å²) in [7, 11) is 0. The largest absolute Gasteiger partial charge is 0.331 e. The first kappa shape index (κ1) is 14.1. The number of fused-ring (bicyclic) bond motifs is 1. The Hall–Kier alpha value is -1.88. The van der Waals surface area contributed by atoms with Crippen molar-refractivity contribution in [2.45, 2.75) is 40.3 Å². The van der Waals surface area contributed by atoms with Gasteiger partial charge < -0.3 is 9.55 Å². The molecular weight excluding hydrogens is 280 g/mol. The first-order valence-corrected chi connectivity index (χ1v) is 7.66. The van der Waals surface area contributed by atoms with Crippen molar-refractivity contribution in [3.05, 3.63) is 46.0 Å². The molecule has 2 aromatic heterocycles. The second-order valence-electron chi connectivity index (χ2n) is 5.56. The molecule has 0 unspecified atom stereocenters. The summed E-state index contributed by atoms with van der Waals surface area (Å²) in [6.45, 7) is 8.08. The molecule has 0 bridgehead atoms. The summed E-state index contributed by atoms with van der Waals surface area (Å²) < 4.78 is 5.07. The quantitative estimate of drug-likeness (QED) is 0.742. The van der Waals surface area contributed by atoms with Crippen LogP contribution in [0.4, 0.5) is 0 Å². The minimum atomic E-state index is 0.799. The topological polar surface area (TPSA) is 38.5 Å². The number of H-pyrrole nitrogens is 1. The maximum Gasteiger partial charge on any atom is 0.178 e. The number of nitrogens with one attached hydrogen (secondary N) is 1. The SMILES string of the molecule is Cc1cc(C)n(CCCn2c(=S)[nH]c3cccc(C)c32)n1. The molecule has 5 heteroatoms. The van der Waals surface area contributed by atoms with Gasteiger partial charge in [-0.25, -0.2) is 0 Å². The van der Waals surface area contributed by atoms with Gasteiger partial charge >= 0.3 is 0 Å². The van der Waals surface area contributed by atoms with Crippen molar-refractivity contribution in [2.24, 2.45) is 0 Å². The molecule has 0 fully saturated rings. The lowest BCUT2D eigenvalue weighted by atomic mass is 10.2. The second-order valence-corrected chi connectivity index (χ2v) is 5.94. The standard InChI is InChI=1S/C16H20N4S/c1-11-6-4-7-14-15(11)19(16(21)17-14)8-5-9-20-13(3)10-12(2)18-20/h4,6-7,10H,5,8-9H2,1-3H3,(H,17,21). The van der Waals surface area contributed by atoms with Gasteiger partial charge in [0.2, 0.25) is 0 Å². The van der Waals surface area contributed by atoms with Gasteiger partial charge in [0, 0.05) is 18.8 Å². The summed E-state index contributed by atoms with van der Waals surface area (Å²) in [5, 5.41) is 4.50. The fourth-order valence-electron chi connectivity index (χ4n) is 2.90. The fraction of sp³-hybridized carbons (Fsp3) is 0.375. The van der Waals surface area contributed by atoms with Crippen molar-refractivity contribution in [3.8, 4) is 0 Å². The molecule has 0 aliphatic carbocycles. The van der Waals surface area contributed by atoms with Crippen LogP contribution in [0.15, 0.2) is 24.3 Å². The lowest BCUT2D eigenvalue weighted by Gasteiger charge is -2.08. The molecule has 3 rings (SSSR count). The average Bonchev–Trinajstić information content (AvgIpc) is 2.91. The smallest absolute Gasteiger partial charge is 0.178 e. The van der Waals surface area contributed by atoms with Gasteiger partial charge in [-0.3, -0.25) is 4.68 Å². The summed E-state index contributed by atoms with van der Waals surface area (Å²) >= 11 is 5.46. The average molecular weight is 300 g/mol. The zero-order valence-corrected chi connectivity index (χ0v) is 13.5. The van der Waals surface area contributed by atoms with Crippen LogP contribution in [0.3, 0.4) is 0 Å². The Bertz CT molecular complexity index is 838. The van der Waals surface area contributed by atoms with Gasteiger partial charge in [-0.05, 0) is 57.1 Å². The fourth-order valence-corrected chi connectivity index (χ4v) is 3.19. The normalized spacial score (nSPS) is 11.4. The Morgan fingerprint density at radius 1 is 1.19 bits per heavy atom. The molecule has 3 aromatic rings. The van der Waals surface area contributed by atoms with E-state index in [0.29, 0.717) is 0 Å². The molecular formula is C16H20N4S. The highest BCUT2D eigenvalue weighted by Crippen LogP contribution is 2.18. The molecule has 0 atom stereocenters. The molecule has 1 N–H and O–H groups in total. The van der Waals surface area contributed by atoms with Crippen LogP contribution in [0.1, 0.15) is 23.4 Å². The first-order valence-electron chi connectivity index (χ1n) is 7.25. The lowest BCUT2D eigenvalue weighted by Crippen LogP contribution is -2.07. The Morgan fingerprint density at radius 3 is 2.71 bits per heavy atom. The van der Waals surface area contributed by atoms with Crippen molar-refractivity contribution >= 4 is 23.3 Å². The summed E-state index contributed by atoms with van der Waals surface area (Å²) in [6, 6.07) is 8.38. The van der Waals surface area contributed by atoms with Gasteiger partial charge in [-0.15, -0.1) is 0 Å². The van der Waals surface area contributed by atoms with Crippen molar-refractivity contribution in [1.82, 2.24) is 19.3 Å². The Labute approximate surface area is 129 Å². The third-order valence-electron chi connectivity index (χ3n) is 3.85. The van der Waals surface area contributed by atoms with E-state index in [1.54, 1.807) is 0 Å². The molecule has 110 valence electrons. The van der Waals surface area contributed by atoms with Crippen LogP contribution in [-0.2, 0) is 13.1 Å². The third kappa shape index (κ3) is 2.65. The maximum absolute atomic E-state index is 5.46. The Kier molecular flexibility index (Phi) is 3.68. The van der Waals surface area contributed by atoms with Gasteiger partial charge in [0.05, 0.1) is 16.7 Å². The van der Waals surface area contributed by atoms with Crippen molar-refractivity contribution in [1.29, 1.82) is 0 Å². The lowest BCUT2D eigenvalue weighted by molar-refractivity contribution is 0.519. The number of rotatable bonds is 4. The Morgan fingerprint density at radius 2 is 2.00 bits per heavy atom. The van der Waals surface area contributed by atoms with Crippen LogP contribution >= 0.6 is 12.2 Å². The van der Waals surface area contributed by atoms with Crippen molar-refractivity contribution in [3.63, 3.8) is 0 Å². The van der Waals surface area contributed by atoms with Crippen LogP contribution in [0.5, 0.6) is 0 Å². The van der Waals surface area contributed by atoms with Gasteiger partial charge in [0.15, 0.2) is 4.77 Å². The number of para-hydroxylation sites is 1. The van der Waals surface area contributed by atoms with E-state index in [1.807, 2.05) is 6.92 Å². The number of benzene rings is 1. The number of aromatic amines is 1. The number of aromatic nitrogens is 4. The number of aryl methyl sites for hydroxylation is 5. The number of nitrogens with zero attached hydrogens (tertiary/aromatic N) is 3. The molecule has 0 radical (unpaired) electrons. The first-order chi connectivity index (χ1) is 10.1. The van der Waals surface area contributed by atoms with Crippen LogP contribution < -0.4 is 0 Å². The molecule has 0 saturated heterocycles. The molecule has 21 heavy (non-hydrogen) atoms. The molecule has 0 spiro atoms. The molecule has 0 saturated carbocycles. The van der Waals surface area contributed by atoms with Crippen molar-refractivity contribution < 1.29 is 0 Å². The minimum Gasteiger partial charge on any atom is -0.331 e. The van der Waals surface area contributed by atoms with Gasteiger partial charge in [-0.1, -0.05) is 12.1 Å². The van der Waals surface area contributed by atoms with E-state index in [-0.39, 0.29) is 0 Å². The predicted octanol–water partition coefficient (Wildman–Crippen LogP) is 3.91. The summed E-state index contributed by atoms with van der Waals surface area (Å²) in [6.07, 6.45) is 1.01. The number of imidazole rings is 1. The summed E-state index contributed by atoms with van der Waals surface area (Å²) in [5.74, 6) is 0. The summed E-state index contributed by atoms with van der Waals surface area (Å²) in [5.41, 5.74) is 5.88. The predicted molar refractivity (Wildman–Crippen MR) is 88.2 cm³/mol. The van der Waals surface area contributed by atoms with E-state index >= 15 is 0 Å². The monoisotopic (exact) mass is 300 g/mol. The van der Waals surface area contributed by atoms with E-state index in [9.17, 15) is 0 Å². The van der Waals surface area contributed by atoms with Gasteiger partial charge in [0.25, 0.3) is 0 Å². The van der Waals surface area contributed by atoms with Gasteiger partial charge in [-0.2, -0.15) is 5.10 Å².